The van der Waals surface area contributed by atoms with Gasteiger partial charge in [0.15, 0.2) is 9.84 Å². The molecule has 0 N–H and O–H groups in total. The summed E-state index contributed by atoms with van der Waals surface area (Å²) in [5.74, 6) is 0.103. The molecule has 1 saturated heterocycles. The van der Waals surface area contributed by atoms with E-state index in [0.29, 0.717) is 5.56 Å². The summed E-state index contributed by atoms with van der Waals surface area (Å²) in [6.45, 7) is 3.42. The second-order valence-electron chi connectivity index (χ2n) is 6.47. The Morgan fingerprint density at radius 2 is 1.84 bits per heavy atom. The normalized spacial score (nSPS) is 15.8. The molecule has 1 amide bonds. The SMILES string of the molecule is CCS(=O)(=O)CCN(C)C(=O)C1CCN(c2ccc(C=O)cc2)CC1. The number of nitrogens with zero attached hydrogens (tertiary/aromatic N) is 2. The van der Waals surface area contributed by atoms with Crippen molar-refractivity contribution in [3.63, 3.8) is 0 Å². The van der Waals surface area contributed by atoms with Gasteiger partial charge in [-0.3, -0.25) is 9.59 Å². The number of hydrogen-bond acceptors (Lipinski definition) is 5. The first-order chi connectivity index (χ1) is 11.9. The summed E-state index contributed by atoms with van der Waals surface area (Å²) in [6, 6.07) is 7.43. The van der Waals surface area contributed by atoms with E-state index >= 15 is 0 Å². The Labute approximate surface area is 149 Å². The van der Waals surface area contributed by atoms with Crippen molar-refractivity contribution in [2.75, 3.05) is 43.1 Å². The van der Waals surface area contributed by atoms with E-state index < -0.39 is 9.84 Å². The van der Waals surface area contributed by atoms with Crippen LogP contribution in [0.15, 0.2) is 24.3 Å². The summed E-state index contributed by atoms with van der Waals surface area (Å²) in [4.78, 5) is 27.0. The van der Waals surface area contributed by atoms with Crippen molar-refractivity contribution in [3.8, 4) is 0 Å². The highest BCUT2D eigenvalue weighted by atomic mass is 32.2. The lowest BCUT2D eigenvalue weighted by Crippen LogP contribution is -2.42. The number of aldehydes is 1. The van der Waals surface area contributed by atoms with Gasteiger partial charge in [-0.25, -0.2) is 8.42 Å². The zero-order valence-electron chi connectivity index (χ0n) is 14.8. The first kappa shape index (κ1) is 19.4. The molecule has 0 saturated carbocycles. The minimum atomic E-state index is -3.06. The van der Waals surface area contributed by atoms with E-state index in [1.54, 1.807) is 31.0 Å². The lowest BCUT2D eigenvalue weighted by Gasteiger charge is -2.34. The number of benzene rings is 1. The molecule has 6 nitrogen and oxygen atoms in total. The summed E-state index contributed by atoms with van der Waals surface area (Å²) in [5.41, 5.74) is 1.70. The smallest absolute Gasteiger partial charge is 0.225 e. The van der Waals surface area contributed by atoms with E-state index in [0.717, 1.165) is 37.9 Å². The summed E-state index contributed by atoms with van der Waals surface area (Å²) in [5, 5.41) is 0. The highest BCUT2D eigenvalue weighted by Gasteiger charge is 2.27. The number of carbonyl (C=O) groups excluding carboxylic acids is 2. The van der Waals surface area contributed by atoms with Gasteiger partial charge in [0.1, 0.15) is 6.29 Å². The maximum Gasteiger partial charge on any atom is 0.225 e. The number of hydrogen-bond donors (Lipinski definition) is 0. The third-order valence-corrected chi connectivity index (χ3v) is 6.48. The van der Waals surface area contributed by atoms with Crippen molar-refractivity contribution < 1.29 is 18.0 Å². The van der Waals surface area contributed by atoms with Crippen LogP contribution in [0.4, 0.5) is 5.69 Å². The number of anilines is 1. The third-order valence-electron chi connectivity index (χ3n) is 4.79. The van der Waals surface area contributed by atoms with Gasteiger partial charge < -0.3 is 9.80 Å². The standard InChI is InChI=1S/C18H26N2O4S/c1-3-25(23,24)13-12-19(2)18(22)16-8-10-20(11-9-16)17-6-4-15(14-21)5-7-17/h4-7,14,16H,3,8-13H2,1-2H3. The molecule has 7 heteroatoms. The van der Waals surface area contributed by atoms with Gasteiger partial charge in [-0.2, -0.15) is 0 Å². The van der Waals surface area contributed by atoms with E-state index in [-0.39, 0.29) is 29.9 Å². The summed E-state index contributed by atoms with van der Waals surface area (Å²) >= 11 is 0. The fraction of sp³-hybridized carbons (Fsp3) is 0.556. The zero-order chi connectivity index (χ0) is 18.4. The molecule has 25 heavy (non-hydrogen) atoms. The molecule has 1 fully saturated rings. The Kier molecular flexibility index (Phi) is 6.58. The maximum atomic E-state index is 12.5. The van der Waals surface area contributed by atoms with E-state index in [9.17, 15) is 18.0 Å². The Bertz CT molecular complexity index is 692. The molecule has 0 unspecified atom stereocenters. The summed E-state index contributed by atoms with van der Waals surface area (Å²) < 4.78 is 23.2. The number of rotatable bonds is 7. The molecular formula is C18H26N2O4S. The average molecular weight is 366 g/mol. The second kappa shape index (κ2) is 8.47. The maximum absolute atomic E-state index is 12.5. The number of sulfone groups is 1. The van der Waals surface area contributed by atoms with Crippen LogP contribution in [0.3, 0.4) is 0 Å². The van der Waals surface area contributed by atoms with Crippen molar-refractivity contribution in [2.24, 2.45) is 5.92 Å². The minimum absolute atomic E-state index is 0.0215. The largest absolute Gasteiger partial charge is 0.371 e. The second-order valence-corrected chi connectivity index (χ2v) is 8.94. The van der Waals surface area contributed by atoms with Crippen LogP contribution in [-0.4, -0.2) is 63.7 Å². The predicted molar refractivity (Wildman–Crippen MR) is 98.7 cm³/mol. The van der Waals surface area contributed by atoms with Crippen molar-refractivity contribution in [1.29, 1.82) is 0 Å². The monoisotopic (exact) mass is 366 g/mol. The quantitative estimate of drug-likeness (QED) is 0.686. The van der Waals surface area contributed by atoms with Gasteiger partial charge in [0.2, 0.25) is 5.91 Å². The molecule has 2 rings (SSSR count). The van der Waals surface area contributed by atoms with Crippen LogP contribution in [0.2, 0.25) is 0 Å². The molecule has 1 heterocycles. The lowest BCUT2D eigenvalue weighted by atomic mass is 9.95. The Balaban J connectivity index is 1.85. The highest BCUT2D eigenvalue weighted by molar-refractivity contribution is 7.91. The first-order valence-electron chi connectivity index (χ1n) is 8.62. The van der Waals surface area contributed by atoms with Gasteiger partial charge in [-0.15, -0.1) is 0 Å². The van der Waals surface area contributed by atoms with Gasteiger partial charge in [0.25, 0.3) is 0 Å². The van der Waals surface area contributed by atoms with Crippen molar-refractivity contribution in [3.05, 3.63) is 29.8 Å². The van der Waals surface area contributed by atoms with Crippen LogP contribution < -0.4 is 4.90 Å². The van der Waals surface area contributed by atoms with Crippen molar-refractivity contribution in [1.82, 2.24) is 4.90 Å². The molecular weight excluding hydrogens is 340 g/mol. The molecule has 138 valence electrons. The fourth-order valence-corrected chi connectivity index (χ4v) is 3.83. The van der Waals surface area contributed by atoms with Crippen LogP contribution in [-0.2, 0) is 14.6 Å². The molecule has 0 aliphatic carbocycles. The van der Waals surface area contributed by atoms with Gasteiger partial charge in [0, 0.05) is 49.6 Å². The molecule has 1 aliphatic heterocycles. The average Bonchev–Trinajstić information content (AvgIpc) is 2.66. The Hall–Kier alpha value is -1.89. The van der Waals surface area contributed by atoms with E-state index in [2.05, 4.69) is 4.90 Å². The highest BCUT2D eigenvalue weighted by Crippen LogP contribution is 2.24. The van der Waals surface area contributed by atoms with Gasteiger partial charge in [0.05, 0.1) is 5.75 Å². The predicted octanol–water partition coefficient (Wildman–Crippen LogP) is 1.61. The van der Waals surface area contributed by atoms with Gasteiger partial charge in [-0.1, -0.05) is 6.92 Å². The molecule has 1 aliphatic rings. The molecule has 0 spiro atoms. The van der Waals surface area contributed by atoms with E-state index in [4.69, 9.17) is 0 Å². The summed E-state index contributed by atoms with van der Waals surface area (Å²) in [7, 11) is -1.38. The van der Waals surface area contributed by atoms with Crippen LogP contribution in [0.1, 0.15) is 30.1 Å². The third kappa shape index (κ3) is 5.29. The fourth-order valence-electron chi connectivity index (χ4n) is 2.99. The van der Waals surface area contributed by atoms with Crippen LogP contribution >= 0.6 is 0 Å². The Morgan fingerprint density at radius 3 is 2.36 bits per heavy atom. The minimum Gasteiger partial charge on any atom is -0.371 e. The number of piperidine rings is 1. The Morgan fingerprint density at radius 1 is 1.24 bits per heavy atom. The van der Waals surface area contributed by atoms with Gasteiger partial charge in [-0.05, 0) is 37.1 Å². The number of amides is 1. The first-order valence-corrected chi connectivity index (χ1v) is 10.4. The van der Waals surface area contributed by atoms with Crippen LogP contribution in [0.5, 0.6) is 0 Å². The molecule has 1 aromatic carbocycles. The molecule has 0 atom stereocenters. The molecule has 1 aromatic rings. The van der Waals surface area contributed by atoms with Crippen LogP contribution in [0.25, 0.3) is 0 Å². The molecule has 0 radical (unpaired) electrons. The lowest BCUT2D eigenvalue weighted by molar-refractivity contribution is -0.134. The van der Waals surface area contributed by atoms with Crippen molar-refractivity contribution >= 4 is 27.7 Å². The molecule has 0 bridgehead atoms. The zero-order valence-corrected chi connectivity index (χ0v) is 15.7. The molecule has 0 aromatic heterocycles. The van der Waals surface area contributed by atoms with Crippen LogP contribution in [0, 0.1) is 5.92 Å². The summed E-state index contributed by atoms with van der Waals surface area (Å²) in [6.07, 6.45) is 2.32. The van der Waals surface area contributed by atoms with Crippen molar-refractivity contribution in [2.45, 2.75) is 19.8 Å². The number of carbonyl (C=O) groups is 2. The van der Waals surface area contributed by atoms with E-state index in [1.165, 1.54) is 0 Å². The van der Waals surface area contributed by atoms with Gasteiger partial charge >= 0.3 is 0 Å². The van der Waals surface area contributed by atoms with E-state index in [1.807, 2.05) is 12.1 Å². The topological polar surface area (TPSA) is 74.8 Å².